The van der Waals surface area contributed by atoms with Crippen molar-refractivity contribution in [3.8, 4) is 11.8 Å². The Bertz CT molecular complexity index is 2520. The molecule has 67 heavy (non-hydrogen) atoms. The summed E-state index contributed by atoms with van der Waals surface area (Å²) in [5.74, 6) is -1.09. The SMILES string of the molecule is CC1(C)OC[C@@H](COc2ccc(NC(=O)N3c4nc(C(=O)O)ccc4N4CC[C@H]3C4)nn2)O1.COC(=O)c1ccc2c(n1)N(C(=O)Nc1ccc(OC[C@@H]3COC(C)(C)O3)nn1)[C@H]1CCN2C1. The first kappa shape index (κ1) is 45.1. The van der Waals surface area contributed by atoms with E-state index >= 15 is 0 Å². The summed E-state index contributed by atoms with van der Waals surface area (Å²) in [5.41, 5.74) is 1.56. The van der Waals surface area contributed by atoms with Gasteiger partial charge in [-0.1, -0.05) is 0 Å². The van der Waals surface area contributed by atoms with Crippen molar-refractivity contribution in [1.82, 2.24) is 30.4 Å². The Morgan fingerprint density at radius 2 is 1.13 bits per heavy atom. The number of pyridine rings is 2. The molecule has 354 valence electrons. The third kappa shape index (κ3) is 9.91. The fourth-order valence-corrected chi connectivity index (χ4v) is 8.59. The number of nitrogens with one attached hydrogen (secondary N) is 2. The summed E-state index contributed by atoms with van der Waals surface area (Å²) in [7, 11) is 1.29. The molecule has 0 spiro atoms. The summed E-state index contributed by atoms with van der Waals surface area (Å²) in [6, 6.07) is 11.9. The molecule has 4 bridgehead atoms. The molecule has 4 aromatic rings. The molecule has 24 nitrogen and oxygen atoms in total. The van der Waals surface area contributed by atoms with E-state index in [1.54, 1.807) is 47.4 Å². The van der Waals surface area contributed by atoms with Crippen molar-refractivity contribution in [2.24, 2.45) is 0 Å². The summed E-state index contributed by atoms with van der Waals surface area (Å²) in [4.78, 5) is 65.7. The standard InChI is InChI=1S/C22H26N6O6.C21H24N6O6/c1-22(2)33-12-14(34-22)11-32-18-7-6-17(25-26-18)24-21(30)28-13-8-9-27(10-13)16-5-4-15(20(29)31-3)23-19(16)28;1-21(2)32-11-13(33-21)10-31-17-6-5-16(24-25-17)23-20(30)27-12-7-8-26(9-12)15-4-3-14(19(28)29)22-18(15)27/h4-7,13-14H,8-12H2,1-3H3,(H,24,25,30);3-6,12-13H,7-11H2,1-2H3,(H,28,29)(H,23,24,30)/t13-,14+;12-,13+/m00/s1. The van der Waals surface area contributed by atoms with Crippen LogP contribution in [0.1, 0.15) is 61.5 Å². The number of anilines is 6. The van der Waals surface area contributed by atoms with E-state index in [0.717, 1.165) is 37.3 Å². The summed E-state index contributed by atoms with van der Waals surface area (Å²) in [6.07, 6.45) is 1.16. The zero-order chi connectivity index (χ0) is 47.0. The number of carboxylic acids is 1. The van der Waals surface area contributed by atoms with Gasteiger partial charge in [0, 0.05) is 38.3 Å². The zero-order valence-corrected chi connectivity index (χ0v) is 37.4. The second-order valence-corrected chi connectivity index (χ2v) is 17.3. The van der Waals surface area contributed by atoms with Gasteiger partial charge in [0.1, 0.15) is 25.4 Å². The van der Waals surface area contributed by atoms with Gasteiger partial charge in [-0.25, -0.2) is 29.1 Å². The molecule has 4 fully saturated rings. The minimum atomic E-state index is -1.15. The van der Waals surface area contributed by atoms with Gasteiger partial charge in [0.2, 0.25) is 11.8 Å². The molecule has 24 heteroatoms. The number of urea groups is 2. The molecule has 0 unspecified atom stereocenters. The smallest absolute Gasteiger partial charge is 0.356 e. The number of carbonyl (C=O) groups excluding carboxylic acids is 3. The number of carbonyl (C=O) groups is 4. The Morgan fingerprint density at radius 3 is 1.54 bits per heavy atom. The van der Waals surface area contributed by atoms with E-state index in [-0.39, 0.29) is 60.5 Å². The third-order valence-electron chi connectivity index (χ3n) is 11.7. The largest absolute Gasteiger partial charge is 0.477 e. The lowest BCUT2D eigenvalue weighted by atomic mass is 10.2. The number of amides is 4. The van der Waals surface area contributed by atoms with Crippen LogP contribution in [-0.4, -0.2) is 155 Å². The van der Waals surface area contributed by atoms with Crippen molar-refractivity contribution in [3.63, 3.8) is 0 Å². The Labute approximate surface area is 383 Å². The van der Waals surface area contributed by atoms with Crippen molar-refractivity contribution in [1.29, 1.82) is 0 Å². The molecule has 6 aliphatic heterocycles. The number of methoxy groups -OCH3 is 1. The van der Waals surface area contributed by atoms with Gasteiger partial charge in [-0.2, -0.15) is 0 Å². The van der Waals surface area contributed by atoms with Gasteiger partial charge in [-0.15, -0.1) is 20.4 Å². The minimum absolute atomic E-state index is 0.0682. The molecule has 10 rings (SSSR count). The second kappa shape index (κ2) is 18.3. The highest BCUT2D eigenvalue weighted by Crippen LogP contribution is 2.40. The number of fused-ring (bicyclic) bond motifs is 8. The topological polar surface area (TPSA) is 267 Å². The van der Waals surface area contributed by atoms with E-state index in [1.807, 2.05) is 27.7 Å². The molecule has 0 radical (unpaired) electrons. The molecule has 3 N–H and O–H groups in total. The lowest BCUT2D eigenvalue weighted by Gasteiger charge is -2.35. The lowest BCUT2D eigenvalue weighted by Crippen LogP contribution is -2.48. The van der Waals surface area contributed by atoms with Crippen molar-refractivity contribution in [3.05, 3.63) is 59.9 Å². The van der Waals surface area contributed by atoms with Crippen LogP contribution in [0.15, 0.2) is 48.5 Å². The minimum Gasteiger partial charge on any atom is -0.477 e. The first-order chi connectivity index (χ1) is 32.1. The van der Waals surface area contributed by atoms with Gasteiger partial charge in [-0.3, -0.25) is 20.4 Å². The molecular formula is C43H50N12O12. The number of hydrogen-bond donors (Lipinski definition) is 3. The summed E-state index contributed by atoms with van der Waals surface area (Å²) in [5, 5.41) is 30.9. The van der Waals surface area contributed by atoms with Gasteiger partial charge in [0.25, 0.3) is 0 Å². The number of hydrogen-bond acceptors (Lipinski definition) is 19. The predicted octanol–water partition coefficient (Wildman–Crippen LogP) is 3.55. The van der Waals surface area contributed by atoms with Crippen LogP contribution in [0.3, 0.4) is 0 Å². The maximum Gasteiger partial charge on any atom is 0.356 e. The molecule has 0 saturated carbocycles. The molecule has 4 atom stereocenters. The third-order valence-corrected chi connectivity index (χ3v) is 11.7. The van der Waals surface area contributed by atoms with E-state index in [9.17, 15) is 24.3 Å². The average molecular weight is 927 g/mol. The maximum absolute atomic E-state index is 13.2. The van der Waals surface area contributed by atoms with E-state index in [4.69, 9.17) is 33.2 Å². The average Bonchev–Trinajstić information content (AvgIpc) is 4.11. The number of aromatic carboxylic acids is 1. The highest BCUT2D eigenvalue weighted by molar-refractivity contribution is 6.05. The number of aromatic nitrogens is 6. The Balaban J connectivity index is 0.000000168. The van der Waals surface area contributed by atoms with Crippen molar-refractivity contribution in [2.45, 2.75) is 76.4 Å². The molecular weight excluding hydrogens is 877 g/mol. The van der Waals surface area contributed by atoms with Crippen LogP contribution >= 0.6 is 0 Å². The molecule has 6 aliphatic rings. The number of carboxylic acid groups (broad SMARTS) is 1. The van der Waals surface area contributed by atoms with E-state index in [1.165, 1.54) is 18.1 Å². The monoisotopic (exact) mass is 926 g/mol. The van der Waals surface area contributed by atoms with Crippen LogP contribution in [0.5, 0.6) is 11.8 Å². The van der Waals surface area contributed by atoms with Crippen LogP contribution < -0.4 is 39.7 Å². The molecule has 0 aliphatic carbocycles. The lowest BCUT2D eigenvalue weighted by molar-refractivity contribution is -0.142. The quantitative estimate of drug-likeness (QED) is 0.192. The number of esters is 1. The molecule has 10 heterocycles. The van der Waals surface area contributed by atoms with Gasteiger partial charge in [0.05, 0.1) is 43.8 Å². The second-order valence-electron chi connectivity index (χ2n) is 17.3. The van der Waals surface area contributed by atoms with Crippen molar-refractivity contribution < 1.29 is 57.4 Å². The van der Waals surface area contributed by atoms with Crippen LogP contribution in [0.2, 0.25) is 0 Å². The van der Waals surface area contributed by atoms with Crippen molar-refractivity contribution >= 4 is 58.6 Å². The first-order valence-electron chi connectivity index (χ1n) is 21.7. The number of nitrogens with zero attached hydrogens (tertiary/aromatic N) is 10. The van der Waals surface area contributed by atoms with Crippen molar-refractivity contribution in [2.75, 3.05) is 89.9 Å². The summed E-state index contributed by atoms with van der Waals surface area (Å²) < 4.78 is 38.4. The van der Waals surface area contributed by atoms with E-state index in [2.05, 4.69) is 50.8 Å². The highest BCUT2D eigenvalue weighted by atomic mass is 16.8. The zero-order valence-electron chi connectivity index (χ0n) is 37.4. The summed E-state index contributed by atoms with van der Waals surface area (Å²) >= 11 is 0. The Morgan fingerprint density at radius 1 is 0.672 bits per heavy atom. The van der Waals surface area contributed by atoms with Crippen LogP contribution in [0.25, 0.3) is 0 Å². The van der Waals surface area contributed by atoms with Gasteiger partial charge < -0.3 is 48.1 Å². The van der Waals surface area contributed by atoms with Crippen LogP contribution in [0, 0.1) is 0 Å². The molecule has 4 saturated heterocycles. The predicted molar refractivity (Wildman–Crippen MR) is 236 cm³/mol. The van der Waals surface area contributed by atoms with E-state index < -0.39 is 35.6 Å². The Kier molecular flexibility index (Phi) is 12.4. The Hall–Kier alpha value is -7.02. The van der Waals surface area contributed by atoms with Gasteiger partial charge in [0.15, 0.2) is 46.2 Å². The van der Waals surface area contributed by atoms with Gasteiger partial charge >= 0.3 is 24.0 Å². The number of rotatable bonds is 10. The molecule has 4 amide bonds. The fraction of sp³-hybridized carbons (Fsp3) is 0.488. The molecule has 4 aromatic heterocycles. The summed E-state index contributed by atoms with van der Waals surface area (Å²) in [6.45, 7) is 11.7. The number of ether oxygens (including phenoxy) is 7. The van der Waals surface area contributed by atoms with Gasteiger partial charge in [-0.05, 0) is 76.9 Å². The highest BCUT2D eigenvalue weighted by Gasteiger charge is 2.42. The normalized spacial score (nSPS) is 22.5. The first-order valence-corrected chi connectivity index (χ1v) is 21.7. The van der Waals surface area contributed by atoms with E-state index in [0.29, 0.717) is 49.7 Å². The fourth-order valence-electron chi connectivity index (χ4n) is 8.59. The van der Waals surface area contributed by atoms with Crippen LogP contribution in [0.4, 0.5) is 44.2 Å². The molecule has 0 aromatic carbocycles. The maximum atomic E-state index is 13.2. The van der Waals surface area contributed by atoms with Crippen LogP contribution in [-0.2, 0) is 23.7 Å².